The van der Waals surface area contributed by atoms with Crippen LogP contribution in [0.15, 0.2) is 0 Å². The highest BCUT2D eigenvalue weighted by atomic mass is 32.1. The van der Waals surface area contributed by atoms with Gasteiger partial charge >= 0.3 is 0 Å². The van der Waals surface area contributed by atoms with E-state index in [1.807, 2.05) is 25.7 Å². The number of ether oxygens (including phenoxy) is 1. The summed E-state index contributed by atoms with van der Waals surface area (Å²) < 4.78 is 9.24. The molecule has 118 valence electrons. The van der Waals surface area contributed by atoms with Gasteiger partial charge in [-0.15, -0.1) is 0 Å². The van der Waals surface area contributed by atoms with Gasteiger partial charge in [0.2, 0.25) is 11.0 Å². The summed E-state index contributed by atoms with van der Waals surface area (Å²) in [4.78, 5) is 18.6. The molecule has 2 heterocycles. The van der Waals surface area contributed by atoms with Crippen LogP contribution >= 0.6 is 11.5 Å². The SMILES string of the molecule is COCc1nsc(NC2CCN(C(=O)C(C)(C)C)CC2)n1. The molecule has 1 N–H and O–H groups in total. The molecule has 0 unspecified atom stereocenters. The largest absolute Gasteiger partial charge is 0.377 e. The molecule has 7 heteroatoms. The van der Waals surface area contributed by atoms with Gasteiger partial charge in [-0.2, -0.15) is 4.37 Å². The molecule has 1 aliphatic rings. The third-order valence-electron chi connectivity index (χ3n) is 3.49. The molecule has 0 radical (unpaired) electrons. The van der Waals surface area contributed by atoms with Crippen molar-refractivity contribution in [3.05, 3.63) is 5.82 Å². The van der Waals surface area contributed by atoms with Gasteiger partial charge in [0.15, 0.2) is 5.82 Å². The number of carbonyl (C=O) groups is 1. The van der Waals surface area contributed by atoms with Crippen LogP contribution in [-0.4, -0.2) is 46.4 Å². The predicted octanol–water partition coefficient (Wildman–Crippen LogP) is 2.13. The lowest BCUT2D eigenvalue weighted by Gasteiger charge is -2.35. The first-order valence-corrected chi connectivity index (χ1v) is 8.05. The average Bonchev–Trinajstić information content (AvgIpc) is 2.86. The lowest BCUT2D eigenvalue weighted by molar-refractivity contribution is -0.140. The van der Waals surface area contributed by atoms with Gasteiger partial charge in [0.1, 0.15) is 6.61 Å². The zero-order valence-corrected chi connectivity index (χ0v) is 14.0. The van der Waals surface area contributed by atoms with Gasteiger partial charge in [-0.3, -0.25) is 4.79 Å². The summed E-state index contributed by atoms with van der Waals surface area (Å²) in [6.45, 7) is 7.96. The second-order valence-electron chi connectivity index (χ2n) is 6.41. The molecular formula is C14H24N4O2S. The fourth-order valence-corrected chi connectivity index (χ4v) is 3.03. The van der Waals surface area contributed by atoms with Crippen LogP contribution in [0.1, 0.15) is 39.4 Å². The summed E-state index contributed by atoms with van der Waals surface area (Å²) in [6.07, 6.45) is 1.89. The van der Waals surface area contributed by atoms with Gasteiger partial charge < -0.3 is 15.0 Å². The van der Waals surface area contributed by atoms with Crippen molar-refractivity contribution in [3.8, 4) is 0 Å². The van der Waals surface area contributed by atoms with Crippen LogP contribution in [0, 0.1) is 5.41 Å². The lowest BCUT2D eigenvalue weighted by Crippen LogP contribution is -2.46. The number of hydrogen-bond donors (Lipinski definition) is 1. The van der Waals surface area contributed by atoms with E-state index in [0.29, 0.717) is 18.5 Å². The highest BCUT2D eigenvalue weighted by Gasteiger charge is 2.30. The van der Waals surface area contributed by atoms with Gasteiger partial charge in [-0.05, 0) is 12.8 Å². The molecule has 1 aromatic heterocycles. The Morgan fingerprint density at radius 3 is 2.67 bits per heavy atom. The maximum absolute atomic E-state index is 12.2. The number of methoxy groups -OCH3 is 1. The number of rotatable bonds is 4. The smallest absolute Gasteiger partial charge is 0.227 e. The molecule has 1 saturated heterocycles. The van der Waals surface area contributed by atoms with Crippen LogP contribution in [0.4, 0.5) is 5.13 Å². The van der Waals surface area contributed by atoms with Crippen LogP contribution in [0.2, 0.25) is 0 Å². The highest BCUT2D eigenvalue weighted by Crippen LogP contribution is 2.23. The van der Waals surface area contributed by atoms with Crippen molar-refractivity contribution in [2.24, 2.45) is 5.41 Å². The number of piperidine rings is 1. The van der Waals surface area contributed by atoms with Gasteiger partial charge in [0.25, 0.3) is 0 Å². The Hall–Kier alpha value is -1.21. The van der Waals surface area contributed by atoms with E-state index in [1.165, 1.54) is 11.5 Å². The van der Waals surface area contributed by atoms with E-state index in [-0.39, 0.29) is 11.3 Å². The van der Waals surface area contributed by atoms with E-state index in [4.69, 9.17) is 4.74 Å². The van der Waals surface area contributed by atoms with Crippen molar-refractivity contribution in [1.29, 1.82) is 0 Å². The summed E-state index contributed by atoms with van der Waals surface area (Å²) >= 11 is 1.36. The maximum Gasteiger partial charge on any atom is 0.227 e. The molecule has 0 spiro atoms. The molecule has 0 bridgehead atoms. The van der Waals surface area contributed by atoms with E-state index in [2.05, 4.69) is 14.7 Å². The fourth-order valence-electron chi connectivity index (χ4n) is 2.38. The Kier molecular flexibility index (Phi) is 5.16. The number of nitrogens with one attached hydrogen (secondary N) is 1. The maximum atomic E-state index is 12.2. The van der Waals surface area contributed by atoms with E-state index >= 15 is 0 Å². The zero-order chi connectivity index (χ0) is 15.5. The summed E-state index contributed by atoms with van der Waals surface area (Å²) in [6, 6.07) is 0.359. The average molecular weight is 312 g/mol. The standard InChI is InChI=1S/C14H24N4O2S/c1-14(2,3)12(19)18-7-5-10(6-8-18)15-13-16-11(9-20-4)17-21-13/h10H,5-9H2,1-4H3,(H,15,16,17). The Morgan fingerprint density at radius 1 is 1.43 bits per heavy atom. The number of likely N-dealkylation sites (tertiary alicyclic amines) is 1. The topological polar surface area (TPSA) is 67.3 Å². The van der Waals surface area contributed by atoms with Crippen LogP contribution in [0.3, 0.4) is 0 Å². The van der Waals surface area contributed by atoms with Crippen LogP contribution in [0.5, 0.6) is 0 Å². The summed E-state index contributed by atoms with van der Waals surface area (Å²) in [5.74, 6) is 0.949. The number of amides is 1. The molecule has 6 nitrogen and oxygen atoms in total. The summed E-state index contributed by atoms with van der Waals surface area (Å²) in [5, 5.41) is 4.25. The molecule has 0 aromatic carbocycles. The minimum Gasteiger partial charge on any atom is -0.377 e. The van der Waals surface area contributed by atoms with Crippen LogP contribution in [0.25, 0.3) is 0 Å². The Bertz CT molecular complexity index is 476. The van der Waals surface area contributed by atoms with Crippen molar-refractivity contribution < 1.29 is 9.53 Å². The van der Waals surface area contributed by atoms with Crippen molar-refractivity contribution in [2.75, 3.05) is 25.5 Å². The van der Waals surface area contributed by atoms with Gasteiger partial charge in [0.05, 0.1) is 0 Å². The normalized spacial score (nSPS) is 17.0. The van der Waals surface area contributed by atoms with Crippen molar-refractivity contribution in [1.82, 2.24) is 14.3 Å². The lowest BCUT2D eigenvalue weighted by atomic mass is 9.93. The Labute approximate surface area is 130 Å². The summed E-state index contributed by atoms with van der Waals surface area (Å²) in [7, 11) is 1.64. The molecule has 0 aliphatic carbocycles. The Balaban J connectivity index is 1.82. The predicted molar refractivity (Wildman–Crippen MR) is 83.3 cm³/mol. The molecule has 21 heavy (non-hydrogen) atoms. The van der Waals surface area contributed by atoms with Gasteiger partial charge in [-0.1, -0.05) is 20.8 Å². The zero-order valence-electron chi connectivity index (χ0n) is 13.2. The van der Waals surface area contributed by atoms with Crippen LogP contribution < -0.4 is 5.32 Å². The second-order valence-corrected chi connectivity index (χ2v) is 7.16. The number of anilines is 1. The molecular weight excluding hydrogens is 288 g/mol. The molecule has 0 atom stereocenters. The second kappa shape index (κ2) is 6.70. The molecule has 2 rings (SSSR count). The third kappa shape index (κ3) is 4.38. The first-order chi connectivity index (χ1) is 9.90. The monoisotopic (exact) mass is 312 g/mol. The molecule has 1 fully saturated rings. The molecule has 0 saturated carbocycles. The Morgan fingerprint density at radius 2 is 2.10 bits per heavy atom. The number of nitrogens with zero attached hydrogens (tertiary/aromatic N) is 3. The van der Waals surface area contributed by atoms with Crippen molar-refractivity contribution >= 4 is 22.6 Å². The number of hydrogen-bond acceptors (Lipinski definition) is 6. The molecule has 1 amide bonds. The van der Waals surface area contributed by atoms with E-state index in [9.17, 15) is 4.79 Å². The third-order valence-corrected chi connectivity index (χ3v) is 4.18. The molecule has 1 aliphatic heterocycles. The van der Waals surface area contributed by atoms with E-state index in [1.54, 1.807) is 7.11 Å². The van der Waals surface area contributed by atoms with Crippen molar-refractivity contribution in [2.45, 2.75) is 46.3 Å². The number of aromatic nitrogens is 2. The van der Waals surface area contributed by atoms with E-state index < -0.39 is 0 Å². The van der Waals surface area contributed by atoms with Gasteiger partial charge in [0, 0.05) is 43.2 Å². The first kappa shape index (κ1) is 16.2. The molecule has 1 aromatic rings. The fraction of sp³-hybridized carbons (Fsp3) is 0.786. The first-order valence-electron chi connectivity index (χ1n) is 7.27. The van der Waals surface area contributed by atoms with Crippen molar-refractivity contribution in [3.63, 3.8) is 0 Å². The van der Waals surface area contributed by atoms with Crippen LogP contribution in [-0.2, 0) is 16.1 Å². The van der Waals surface area contributed by atoms with Gasteiger partial charge in [-0.25, -0.2) is 4.98 Å². The quantitative estimate of drug-likeness (QED) is 0.922. The van der Waals surface area contributed by atoms with E-state index in [0.717, 1.165) is 31.1 Å². The highest BCUT2D eigenvalue weighted by molar-refractivity contribution is 7.09. The summed E-state index contributed by atoms with van der Waals surface area (Å²) in [5.41, 5.74) is -0.297. The minimum atomic E-state index is -0.297. The minimum absolute atomic E-state index is 0.235. The number of carbonyl (C=O) groups excluding carboxylic acids is 1.